The van der Waals surface area contributed by atoms with Crippen LogP contribution in [0.5, 0.6) is 0 Å². The van der Waals surface area contributed by atoms with Crippen LogP contribution in [-0.2, 0) is 22.4 Å². The molecule has 5 nitrogen and oxygen atoms in total. The first-order valence-corrected chi connectivity index (χ1v) is 8.13. The number of H-pyrrole nitrogens is 1. The summed E-state index contributed by atoms with van der Waals surface area (Å²) in [6.45, 7) is 4.46. The molecule has 0 radical (unpaired) electrons. The van der Waals surface area contributed by atoms with Crippen LogP contribution in [0, 0.1) is 5.92 Å². The summed E-state index contributed by atoms with van der Waals surface area (Å²) in [7, 11) is 0. The van der Waals surface area contributed by atoms with Gasteiger partial charge in [-0.05, 0) is 30.9 Å². The molecule has 3 rings (SSSR count). The van der Waals surface area contributed by atoms with Crippen LogP contribution < -0.4 is 0 Å². The number of benzene rings is 1. The zero-order valence-electron chi connectivity index (χ0n) is 13.5. The Morgan fingerprint density at radius 1 is 1.35 bits per heavy atom. The van der Waals surface area contributed by atoms with Crippen molar-refractivity contribution in [3.05, 3.63) is 35.5 Å². The number of carbonyl (C=O) groups is 2. The number of likely N-dealkylation sites (tertiary alicyclic amines) is 1. The third-order valence-corrected chi connectivity index (χ3v) is 5.00. The van der Waals surface area contributed by atoms with Gasteiger partial charge in [-0.1, -0.05) is 25.1 Å². The third kappa shape index (κ3) is 2.71. The van der Waals surface area contributed by atoms with Crippen LogP contribution in [0.3, 0.4) is 0 Å². The smallest absolute Gasteiger partial charge is 0.308 e. The number of fused-ring (bicyclic) bond motifs is 1. The summed E-state index contributed by atoms with van der Waals surface area (Å²) < 4.78 is 0. The van der Waals surface area contributed by atoms with E-state index in [1.165, 1.54) is 5.56 Å². The average Bonchev–Trinajstić information content (AvgIpc) is 3.11. The Hall–Kier alpha value is -2.30. The van der Waals surface area contributed by atoms with Gasteiger partial charge in [0.05, 0.1) is 12.3 Å². The van der Waals surface area contributed by atoms with E-state index in [-0.39, 0.29) is 11.9 Å². The molecule has 1 aliphatic heterocycles. The van der Waals surface area contributed by atoms with E-state index in [9.17, 15) is 14.7 Å². The fourth-order valence-corrected chi connectivity index (χ4v) is 3.60. The number of carboxylic acid groups (broad SMARTS) is 1. The van der Waals surface area contributed by atoms with Gasteiger partial charge in [0.2, 0.25) is 5.91 Å². The SMILES string of the molecule is CCc1cccc2c(CC(=O)N3CCC(C(=O)O)C3C)c[nH]c12. The van der Waals surface area contributed by atoms with Crippen LogP contribution in [0.25, 0.3) is 10.9 Å². The molecular weight excluding hydrogens is 292 g/mol. The van der Waals surface area contributed by atoms with Gasteiger partial charge in [0.25, 0.3) is 0 Å². The fourth-order valence-electron chi connectivity index (χ4n) is 3.60. The molecule has 0 saturated carbocycles. The minimum Gasteiger partial charge on any atom is -0.481 e. The quantitative estimate of drug-likeness (QED) is 0.911. The Kier molecular flexibility index (Phi) is 4.11. The number of rotatable bonds is 4. The van der Waals surface area contributed by atoms with Gasteiger partial charge in [0.15, 0.2) is 0 Å². The molecule has 122 valence electrons. The second-order valence-corrected chi connectivity index (χ2v) is 6.25. The van der Waals surface area contributed by atoms with E-state index in [1.807, 2.05) is 25.3 Å². The molecule has 1 saturated heterocycles. The van der Waals surface area contributed by atoms with Crippen molar-refractivity contribution in [2.75, 3.05) is 6.54 Å². The van der Waals surface area contributed by atoms with Crippen LogP contribution in [0.2, 0.25) is 0 Å². The maximum Gasteiger partial charge on any atom is 0.308 e. The summed E-state index contributed by atoms with van der Waals surface area (Å²) in [4.78, 5) is 28.8. The van der Waals surface area contributed by atoms with Crippen LogP contribution in [0.4, 0.5) is 0 Å². The van der Waals surface area contributed by atoms with Crippen molar-refractivity contribution in [1.82, 2.24) is 9.88 Å². The lowest BCUT2D eigenvalue weighted by Gasteiger charge is -2.23. The lowest BCUT2D eigenvalue weighted by atomic mass is 10.0. The van der Waals surface area contributed by atoms with Crippen LogP contribution in [0.1, 0.15) is 31.4 Å². The monoisotopic (exact) mass is 314 g/mol. The second-order valence-electron chi connectivity index (χ2n) is 6.25. The maximum absolute atomic E-state index is 12.6. The highest BCUT2D eigenvalue weighted by atomic mass is 16.4. The predicted octanol–water partition coefficient (Wildman–Crippen LogP) is 2.59. The number of para-hydroxylation sites is 1. The van der Waals surface area contributed by atoms with Gasteiger partial charge < -0.3 is 15.0 Å². The lowest BCUT2D eigenvalue weighted by Crippen LogP contribution is -2.38. The van der Waals surface area contributed by atoms with E-state index < -0.39 is 11.9 Å². The minimum atomic E-state index is -0.813. The van der Waals surface area contributed by atoms with Gasteiger partial charge in [-0.25, -0.2) is 0 Å². The number of hydrogen-bond donors (Lipinski definition) is 2. The van der Waals surface area contributed by atoms with Gasteiger partial charge >= 0.3 is 5.97 Å². The largest absolute Gasteiger partial charge is 0.481 e. The zero-order valence-corrected chi connectivity index (χ0v) is 13.5. The number of amides is 1. The van der Waals surface area contributed by atoms with E-state index in [2.05, 4.69) is 18.0 Å². The summed E-state index contributed by atoms with van der Waals surface area (Å²) in [6.07, 6.45) is 3.69. The van der Waals surface area contributed by atoms with Crippen molar-refractivity contribution in [2.24, 2.45) is 5.92 Å². The van der Waals surface area contributed by atoms with E-state index in [0.29, 0.717) is 19.4 Å². The average molecular weight is 314 g/mol. The van der Waals surface area contributed by atoms with Gasteiger partial charge in [-0.3, -0.25) is 9.59 Å². The molecule has 0 aliphatic carbocycles. The fraction of sp³-hybridized carbons (Fsp3) is 0.444. The molecule has 1 aromatic heterocycles. The van der Waals surface area contributed by atoms with E-state index in [4.69, 9.17) is 0 Å². The molecule has 1 aliphatic rings. The number of hydrogen-bond acceptors (Lipinski definition) is 2. The first-order valence-electron chi connectivity index (χ1n) is 8.13. The van der Waals surface area contributed by atoms with Crippen molar-refractivity contribution in [3.63, 3.8) is 0 Å². The van der Waals surface area contributed by atoms with Crippen molar-refractivity contribution < 1.29 is 14.7 Å². The number of aliphatic carboxylic acids is 1. The van der Waals surface area contributed by atoms with Crippen molar-refractivity contribution in [1.29, 1.82) is 0 Å². The molecule has 2 heterocycles. The molecule has 1 aromatic carbocycles. The van der Waals surface area contributed by atoms with Crippen LogP contribution in [0.15, 0.2) is 24.4 Å². The predicted molar refractivity (Wildman–Crippen MR) is 88.3 cm³/mol. The first kappa shape index (κ1) is 15.6. The molecule has 1 amide bonds. The Bertz CT molecular complexity index is 750. The first-order chi connectivity index (χ1) is 11.0. The summed E-state index contributed by atoms with van der Waals surface area (Å²) in [6, 6.07) is 5.89. The normalized spacial score (nSPS) is 21.0. The van der Waals surface area contributed by atoms with Crippen LogP contribution >= 0.6 is 0 Å². The Morgan fingerprint density at radius 2 is 2.13 bits per heavy atom. The van der Waals surface area contributed by atoms with E-state index in [0.717, 1.165) is 22.9 Å². The molecule has 2 atom stereocenters. The summed E-state index contributed by atoms with van der Waals surface area (Å²) in [5.74, 6) is -1.26. The van der Waals surface area contributed by atoms with E-state index >= 15 is 0 Å². The Morgan fingerprint density at radius 3 is 2.78 bits per heavy atom. The topological polar surface area (TPSA) is 73.4 Å². The van der Waals surface area contributed by atoms with Gasteiger partial charge in [0, 0.05) is 29.7 Å². The lowest BCUT2D eigenvalue weighted by molar-refractivity contribution is -0.143. The molecule has 5 heteroatoms. The second kappa shape index (κ2) is 6.07. The van der Waals surface area contributed by atoms with Gasteiger partial charge in [-0.2, -0.15) is 0 Å². The molecule has 0 bridgehead atoms. The number of aromatic nitrogens is 1. The van der Waals surface area contributed by atoms with Crippen LogP contribution in [-0.4, -0.2) is 39.5 Å². The molecular formula is C18H22N2O3. The summed E-state index contributed by atoms with van der Waals surface area (Å²) in [5, 5.41) is 10.3. The number of nitrogens with zero attached hydrogens (tertiary/aromatic N) is 1. The zero-order chi connectivity index (χ0) is 16.6. The number of aryl methyl sites for hydroxylation is 1. The number of aromatic amines is 1. The molecule has 2 unspecified atom stereocenters. The molecule has 2 aromatic rings. The number of carbonyl (C=O) groups excluding carboxylic acids is 1. The highest BCUT2D eigenvalue weighted by molar-refractivity contribution is 5.91. The molecule has 23 heavy (non-hydrogen) atoms. The Labute approximate surface area is 135 Å². The maximum atomic E-state index is 12.6. The minimum absolute atomic E-state index is 0.00375. The van der Waals surface area contributed by atoms with E-state index in [1.54, 1.807) is 4.90 Å². The van der Waals surface area contributed by atoms with Crippen molar-refractivity contribution in [3.8, 4) is 0 Å². The van der Waals surface area contributed by atoms with Gasteiger partial charge in [0.1, 0.15) is 0 Å². The number of carboxylic acids is 1. The standard InChI is InChI=1S/C18H22N2O3/c1-3-12-5-4-6-15-13(10-19-17(12)15)9-16(21)20-8-7-14(11(20)2)18(22)23/h4-6,10-11,14,19H,3,7-9H2,1-2H3,(H,22,23). The Balaban J connectivity index is 1.80. The molecule has 1 fully saturated rings. The van der Waals surface area contributed by atoms with Gasteiger partial charge in [-0.15, -0.1) is 0 Å². The number of nitrogens with one attached hydrogen (secondary N) is 1. The van der Waals surface area contributed by atoms with Crippen molar-refractivity contribution in [2.45, 2.75) is 39.2 Å². The highest BCUT2D eigenvalue weighted by Gasteiger charge is 2.37. The summed E-state index contributed by atoms with van der Waals surface area (Å²) >= 11 is 0. The molecule has 0 spiro atoms. The highest BCUT2D eigenvalue weighted by Crippen LogP contribution is 2.27. The molecule has 2 N–H and O–H groups in total. The summed E-state index contributed by atoms with van der Waals surface area (Å²) in [5.41, 5.74) is 3.31. The van der Waals surface area contributed by atoms with Crippen molar-refractivity contribution >= 4 is 22.8 Å². The third-order valence-electron chi connectivity index (χ3n) is 5.00.